The lowest BCUT2D eigenvalue weighted by Gasteiger charge is -2.40. The highest BCUT2D eigenvalue weighted by molar-refractivity contribution is 8.45. The van der Waals surface area contributed by atoms with Crippen molar-refractivity contribution in [3.63, 3.8) is 0 Å². The first-order chi connectivity index (χ1) is 14.2. The summed E-state index contributed by atoms with van der Waals surface area (Å²) in [5, 5.41) is 11.6. The lowest BCUT2D eigenvalue weighted by atomic mass is 9.83. The van der Waals surface area contributed by atoms with Gasteiger partial charge in [-0.05, 0) is 48.7 Å². The van der Waals surface area contributed by atoms with E-state index >= 15 is 0 Å². The Labute approximate surface area is 180 Å². The van der Waals surface area contributed by atoms with Gasteiger partial charge in [-0.3, -0.25) is 0 Å². The molecule has 0 amide bonds. The van der Waals surface area contributed by atoms with Crippen LogP contribution in [0.1, 0.15) is 37.0 Å². The van der Waals surface area contributed by atoms with Gasteiger partial charge in [0.25, 0.3) is 0 Å². The number of hydrogen-bond acceptors (Lipinski definition) is 2. The highest BCUT2D eigenvalue weighted by Crippen LogP contribution is 3.02. The Morgan fingerprint density at radius 1 is 1.03 bits per heavy atom. The van der Waals surface area contributed by atoms with Crippen LogP contribution in [-0.2, 0) is 12.6 Å². The summed E-state index contributed by atoms with van der Waals surface area (Å²) in [5.41, 5.74) is -2.16. The minimum Gasteiger partial charge on any atom is -0.359 e. The third-order valence-electron chi connectivity index (χ3n) is 4.94. The van der Waals surface area contributed by atoms with Crippen molar-refractivity contribution < 1.29 is 32.6 Å². The molecule has 0 aliphatic rings. The maximum Gasteiger partial charge on any atom is 0.417 e. The zero-order chi connectivity index (χ0) is 24.7. The van der Waals surface area contributed by atoms with Crippen LogP contribution >= 0.6 is 10.2 Å². The van der Waals surface area contributed by atoms with Crippen molar-refractivity contribution in [1.82, 2.24) is 0 Å². The molecule has 1 N–H and O–H groups in total. The van der Waals surface area contributed by atoms with Gasteiger partial charge >= 0.3 is 16.4 Å². The Morgan fingerprint density at radius 2 is 1.66 bits per heavy atom. The molecule has 11 heteroatoms. The van der Waals surface area contributed by atoms with Gasteiger partial charge in [-0.2, -0.15) is 18.4 Å². The van der Waals surface area contributed by atoms with Gasteiger partial charge in [-0.25, -0.2) is 0 Å². The summed E-state index contributed by atoms with van der Waals surface area (Å²) >= 11 is 0. The number of rotatable bonds is 7. The number of nitriles is 1. The molecule has 0 bridgehead atoms. The van der Waals surface area contributed by atoms with E-state index in [2.05, 4.69) is 11.9 Å². The maximum atomic E-state index is 13.1. The second-order valence-electron chi connectivity index (χ2n) is 7.97. The van der Waals surface area contributed by atoms with Crippen molar-refractivity contribution in [2.24, 2.45) is 5.41 Å². The Balaban J connectivity index is 2.17. The van der Waals surface area contributed by atoms with E-state index in [0.717, 1.165) is 18.2 Å². The molecule has 0 unspecified atom stereocenters. The van der Waals surface area contributed by atoms with Crippen LogP contribution in [0.2, 0.25) is 0 Å². The van der Waals surface area contributed by atoms with Crippen molar-refractivity contribution in [3.8, 4) is 6.07 Å². The average Bonchev–Trinajstić information content (AvgIpc) is 2.64. The van der Waals surface area contributed by atoms with Gasteiger partial charge in [0.1, 0.15) is 4.90 Å². The maximum absolute atomic E-state index is 13.1. The van der Waals surface area contributed by atoms with Crippen LogP contribution in [0.25, 0.3) is 0 Å². The summed E-state index contributed by atoms with van der Waals surface area (Å²) in [6, 6.07) is 7.43. The molecule has 0 heterocycles. The molecule has 0 atom stereocenters. The molecule has 0 saturated heterocycles. The van der Waals surface area contributed by atoms with Gasteiger partial charge in [0, 0.05) is 16.8 Å². The highest BCUT2D eigenvalue weighted by atomic mass is 32.5. The highest BCUT2D eigenvalue weighted by Gasteiger charge is 2.65. The average molecular weight is 484 g/mol. The molecule has 2 aromatic carbocycles. The van der Waals surface area contributed by atoms with Crippen molar-refractivity contribution in [2.75, 3.05) is 5.32 Å². The molecule has 2 nitrogen and oxygen atoms in total. The van der Waals surface area contributed by atoms with Crippen molar-refractivity contribution in [3.05, 3.63) is 71.4 Å². The third-order valence-corrected chi connectivity index (χ3v) is 6.08. The molecular weight excluding hydrogens is 464 g/mol. The second kappa shape index (κ2) is 7.40. The van der Waals surface area contributed by atoms with Gasteiger partial charge in [-0.1, -0.05) is 52.0 Å². The van der Waals surface area contributed by atoms with Crippen molar-refractivity contribution >= 4 is 15.9 Å². The first-order valence-electron chi connectivity index (χ1n) is 9.14. The molecule has 2 rings (SSSR count). The molecule has 0 spiro atoms. The number of aryl methyl sites for hydroxylation is 1. The summed E-state index contributed by atoms with van der Waals surface area (Å²) in [7, 11) is -9.80. The molecule has 0 aliphatic carbocycles. The monoisotopic (exact) mass is 484 g/mol. The minimum atomic E-state index is -9.80. The number of halogens is 8. The largest absolute Gasteiger partial charge is 0.417 e. The van der Waals surface area contributed by atoms with E-state index in [1.54, 1.807) is 13.8 Å². The predicted molar refractivity (Wildman–Crippen MR) is 109 cm³/mol. The van der Waals surface area contributed by atoms with E-state index in [9.17, 15) is 32.6 Å². The van der Waals surface area contributed by atoms with E-state index in [1.807, 2.05) is 0 Å². The SMILES string of the molecule is C=C(Nc1ccc(C#N)c(C(F)(F)F)c1)C(C)(C)CCc1cccc(S(F)(F)(F)(F)F)c1. The molecule has 0 fully saturated rings. The minimum absolute atomic E-state index is 0.00342. The van der Waals surface area contributed by atoms with E-state index in [0.29, 0.717) is 12.1 Å². The van der Waals surface area contributed by atoms with Gasteiger partial charge in [-0.15, -0.1) is 0 Å². The summed E-state index contributed by atoms with van der Waals surface area (Å²) in [6.07, 6.45) is -4.57. The number of benzene rings is 2. The van der Waals surface area contributed by atoms with Crippen LogP contribution in [0.3, 0.4) is 0 Å². The van der Waals surface area contributed by atoms with Crippen LogP contribution in [0.5, 0.6) is 0 Å². The van der Waals surface area contributed by atoms with Gasteiger partial charge in [0.05, 0.1) is 17.2 Å². The molecule has 32 heavy (non-hydrogen) atoms. The van der Waals surface area contributed by atoms with Gasteiger partial charge < -0.3 is 5.32 Å². The lowest BCUT2D eigenvalue weighted by Crippen LogP contribution is -2.21. The van der Waals surface area contributed by atoms with Gasteiger partial charge in [0.15, 0.2) is 0 Å². The van der Waals surface area contributed by atoms with E-state index in [1.165, 1.54) is 18.2 Å². The molecule has 2 aromatic rings. The molecule has 0 saturated carbocycles. The topological polar surface area (TPSA) is 35.8 Å². The molecule has 0 radical (unpaired) electrons. The normalized spacial score (nSPS) is 14.8. The quantitative estimate of drug-likeness (QED) is 0.399. The van der Waals surface area contributed by atoms with Crippen LogP contribution in [-0.4, -0.2) is 0 Å². The molecular formula is C21H20F8N2S. The Kier molecular flexibility index (Phi) is 5.90. The third kappa shape index (κ3) is 6.38. The Bertz CT molecular complexity index is 1080. The number of nitrogens with one attached hydrogen (secondary N) is 1. The smallest absolute Gasteiger partial charge is 0.359 e. The fourth-order valence-electron chi connectivity index (χ4n) is 2.85. The second-order valence-corrected chi connectivity index (χ2v) is 10.4. The molecule has 0 aliphatic heterocycles. The van der Waals surface area contributed by atoms with E-state index in [4.69, 9.17) is 5.26 Å². The Hall–Kier alpha value is -2.74. The molecule has 176 valence electrons. The van der Waals surface area contributed by atoms with Crippen molar-refractivity contribution in [1.29, 1.82) is 5.26 Å². The number of nitrogens with zero attached hydrogens (tertiary/aromatic N) is 1. The van der Waals surface area contributed by atoms with Gasteiger partial charge in [0.2, 0.25) is 0 Å². The first-order valence-corrected chi connectivity index (χ1v) is 11.1. The predicted octanol–water partition coefficient (Wildman–Crippen LogP) is 8.82. The fourth-order valence-corrected chi connectivity index (χ4v) is 3.56. The van der Waals surface area contributed by atoms with Crippen LogP contribution in [0, 0.1) is 16.7 Å². The number of hydrogen-bond donors (Lipinski definition) is 1. The lowest BCUT2D eigenvalue weighted by molar-refractivity contribution is -0.137. The standard InChI is InChI=1S/C21H20F8N2S/c1-14(31-17-8-7-16(13-30)19(12-17)21(22,23)24)20(2,3)10-9-15-5-4-6-18(11-15)32(25,26,27,28)29/h4-8,11-12,31H,1,9-10H2,2-3H3. The Morgan fingerprint density at radius 3 is 2.19 bits per heavy atom. The fraction of sp³-hybridized carbons (Fsp3) is 0.286. The summed E-state index contributed by atoms with van der Waals surface area (Å²) in [4.78, 5) is -1.98. The summed E-state index contributed by atoms with van der Waals surface area (Å²) in [5.74, 6) is 0. The van der Waals surface area contributed by atoms with Crippen LogP contribution < -0.4 is 5.32 Å². The van der Waals surface area contributed by atoms with Crippen LogP contribution in [0.15, 0.2) is 59.6 Å². The van der Waals surface area contributed by atoms with E-state index in [-0.39, 0.29) is 29.8 Å². The number of anilines is 1. The number of allylic oxidation sites excluding steroid dienone is 1. The molecule has 0 aromatic heterocycles. The van der Waals surface area contributed by atoms with Crippen LogP contribution in [0.4, 0.5) is 38.3 Å². The zero-order valence-electron chi connectivity index (χ0n) is 17.0. The zero-order valence-corrected chi connectivity index (χ0v) is 17.9. The number of alkyl halides is 3. The first kappa shape index (κ1) is 25.5. The van der Waals surface area contributed by atoms with E-state index < -0.39 is 37.8 Å². The summed E-state index contributed by atoms with van der Waals surface area (Å²) < 4.78 is 104. The van der Waals surface area contributed by atoms with Crippen molar-refractivity contribution in [2.45, 2.75) is 37.8 Å². The summed E-state index contributed by atoms with van der Waals surface area (Å²) in [6.45, 7) is 7.11.